The second-order valence-electron chi connectivity index (χ2n) is 4.54. The lowest BCUT2D eigenvalue weighted by molar-refractivity contribution is -0.383. The Morgan fingerprint density at radius 3 is 2.65 bits per heavy atom. The van der Waals surface area contributed by atoms with Crippen LogP contribution in [0.15, 0.2) is 47.1 Å². The number of hydrogen-bond acceptors (Lipinski definition) is 7. The van der Waals surface area contributed by atoms with Gasteiger partial charge in [-0.1, -0.05) is 30.3 Å². The molecule has 0 atom stereocenters. The number of nitrogens with zero attached hydrogens (tertiary/aromatic N) is 3. The minimum atomic E-state index is -0.716. The number of nitrogens with one attached hydrogen (secondary N) is 1. The number of non-ortho nitro benzene ring substituents is 1. The molecule has 0 fully saturated rings. The van der Waals surface area contributed by atoms with Crippen LogP contribution < -0.4 is 5.32 Å². The molecular formula is C14H10N4O5. The molecule has 116 valence electrons. The summed E-state index contributed by atoms with van der Waals surface area (Å²) in [6.07, 6.45) is -0.716. The molecule has 0 aliphatic carbocycles. The summed E-state index contributed by atoms with van der Waals surface area (Å²) < 4.78 is 9.58. The zero-order valence-corrected chi connectivity index (χ0v) is 11.6. The highest BCUT2D eigenvalue weighted by atomic mass is 16.6. The van der Waals surface area contributed by atoms with E-state index in [9.17, 15) is 14.9 Å². The standard InChI is InChI=1S/C14H10N4O5/c19-14(22-8-9-4-2-1-3-5-9)15-10-6-7-11(18(20)21)13-12(10)16-23-17-13/h1-7H,8H2,(H,15,19). The first-order valence-corrected chi connectivity index (χ1v) is 6.52. The Kier molecular flexibility index (Phi) is 3.83. The highest BCUT2D eigenvalue weighted by molar-refractivity contribution is 5.99. The van der Waals surface area contributed by atoms with Crippen molar-refractivity contribution in [3.63, 3.8) is 0 Å². The van der Waals surface area contributed by atoms with Gasteiger partial charge >= 0.3 is 11.8 Å². The lowest BCUT2D eigenvalue weighted by Crippen LogP contribution is -2.13. The number of benzene rings is 2. The van der Waals surface area contributed by atoms with Gasteiger partial charge < -0.3 is 4.74 Å². The van der Waals surface area contributed by atoms with Gasteiger partial charge in [-0.3, -0.25) is 15.4 Å². The predicted octanol–water partition coefficient (Wildman–Crippen LogP) is 2.88. The molecule has 0 saturated heterocycles. The number of fused-ring (bicyclic) bond motifs is 1. The van der Waals surface area contributed by atoms with Crippen molar-refractivity contribution in [2.24, 2.45) is 0 Å². The quantitative estimate of drug-likeness (QED) is 0.580. The lowest BCUT2D eigenvalue weighted by Gasteiger charge is -2.07. The summed E-state index contributed by atoms with van der Waals surface area (Å²) in [5.74, 6) is 0. The van der Waals surface area contributed by atoms with Crippen LogP contribution in [0.4, 0.5) is 16.2 Å². The Bertz CT molecular complexity index is 862. The van der Waals surface area contributed by atoms with E-state index < -0.39 is 11.0 Å². The molecule has 9 nitrogen and oxygen atoms in total. The predicted molar refractivity (Wildman–Crippen MR) is 78.7 cm³/mol. The number of amides is 1. The van der Waals surface area contributed by atoms with Gasteiger partial charge in [0, 0.05) is 6.07 Å². The number of carbonyl (C=O) groups excluding carboxylic acids is 1. The summed E-state index contributed by atoms with van der Waals surface area (Å²) in [5.41, 5.74) is 0.820. The van der Waals surface area contributed by atoms with E-state index >= 15 is 0 Å². The van der Waals surface area contributed by atoms with E-state index in [1.807, 2.05) is 30.3 Å². The van der Waals surface area contributed by atoms with Crippen molar-refractivity contribution in [2.75, 3.05) is 5.32 Å². The molecule has 3 aromatic rings. The summed E-state index contributed by atoms with van der Waals surface area (Å²) >= 11 is 0. The number of aromatic nitrogens is 2. The van der Waals surface area contributed by atoms with Crippen LogP contribution in [0.25, 0.3) is 11.0 Å². The normalized spacial score (nSPS) is 10.4. The molecule has 23 heavy (non-hydrogen) atoms. The van der Waals surface area contributed by atoms with Gasteiger partial charge in [0.1, 0.15) is 6.61 Å². The van der Waals surface area contributed by atoms with E-state index in [1.54, 1.807) is 0 Å². The number of anilines is 1. The minimum Gasteiger partial charge on any atom is -0.444 e. The molecule has 0 bridgehead atoms. The van der Waals surface area contributed by atoms with Crippen LogP contribution in [0.2, 0.25) is 0 Å². The monoisotopic (exact) mass is 314 g/mol. The van der Waals surface area contributed by atoms with Gasteiger partial charge in [-0.15, -0.1) is 0 Å². The second-order valence-corrected chi connectivity index (χ2v) is 4.54. The smallest absolute Gasteiger partial charge is 0.412 e. The SMILES string of the molecule is O=C(Nc1ccc([N+](=O)[O-])c2nonc12)OCc1ccccc1. The van der Waals surface area contributed by atoms with Crippen LogP contribution in [0, 0.1) is 10.1 Å². The van der Waals surface area contributed by atoms with Crippen LogP contribution in [-0.4, -0.2) is 21.3 Å². The van der Waals surface area contributed by atoms with Crippen LogP contribution in [0.3, 0.4) is 0 Å². The number of nitro benzene ring substituents is 1. The molecule has 0 saturated carbocycles. The number of hydrogen-bond donors (Lipinski definition) is 1. The summed E-state index contributed by atoms with van der Waals surface area (Å²) in [5, 5.41) is 20.4. The fraction of sp³-hybridized carbons (Fsp3) is 0.0714. The average molecular weight is 314 g/mol. The molecule has 0 aliphatic rings. The molecule has 0 unspecified atom stereocenters. The van der Waals surface area contributed by atoms with Crippen molar-refractivity contribution >= 4 is 28.5 Å². The number of carbonyl (C=O) groups is 1. The summed E-state index contributed by atoms with van der Waals surface area (Å²) in [7, 11) is 0. The van der Waals surface area contributed by atoms with Gasteiger partial charge in [0.2, 0.25) is 5.52 Å². The molecule has 1 heterocycles. The van der Waals surface area contributed by atoms with Crippen molar-refractivity contribution < 1.29 is 19.1 Å². The van der Waals surface area contributed by atoms with Gasteiger partial charge in [-0.25, -0.2) is 9.42 Å². The van der Waals surface area contributed by atoms with E-state index in [0.717, 1.165) is 5.56 Å². The van der Waals surface area contributed by atoms with Gasteiger partial charge in [-0.2, -0.15) is 0 Å². The molecule has 0 radical (unpaired) electrons. The number of nitro groups is 1. The maximum absolute atomic E-state index is 11.8. The van der Waals surface area contributed by atoms with Crippen molar-refractivity contribution in [1.29, 1.82) is 0 Å². The fourth-order valence-electron chi connectivity index (χ4n) is 1.97. The summed E-state index contributed by atoms with van der Waals surface area (Å²) in [4.78, 5) is 22.1. The highest BCUT2D eigenvalue weighted by Gasteiger charge is 2.20. The van der Waals surface area contributed by atoms with E-state index in [-0.39, 0.29) is 29.0 Å². The van der Waals surface area contributed by atoms with E-state index in [1.165, 1.54) is 12.1 Å². The highest BCUT2D eigenvalue weighted by Crippen LogP contribution is 2.28. The molecule has 3 rings (SSSR count). The average Bonchev–Trinajstić information content (AvgIpc) is 3.04. The molecule has 2 aromatic carbocycles. The Morgan fingerprint density at radius 2 is 1.91 bits per heavy atom. The van der Waals surface area contributed by atoms with Gasteiger partial charge in [0.25, 0.3) is 0 Å². The minimum absolute atomic E-state index is 0.0455. The maximum Gasteiger partial charge on any atom is 0.412 e. The third kappa shape index (κ3) is 3.07. The molecule has 0 aliphatic heterocycles. The summed E-state index contributed by atoms with van der Waals surface area (Å²) in [6.45, 7) is 0.0971. The third-order valence-corrected chi connectivity index (χ3v) is 3.04. The molecule has 1 N–H and O–H groups in total. The molecule has 1 amide bonds. The number of rotatable bonds is 4. The first-order chi connectivity index (χ1) is 11.1. The Balaban J connectivity index is 1.74. The van der Waals surface area contributed by atoms with Gasteiger partial charge in [-0.05, 0) is 21.9 Å². The molecular weight excluding hydrogens is 304 g/mol. The first kappa shape index (κ1) is 14.4. The van der Waals surface area contributed by atoms with Crippen LogP contribution >= 0.6 is 0 Å². The van der Waals surface area contributed by atoms with Gasteiger partial charge in [0.15, 0.2) is 5.52 Å². The van der Waals surface area contributed by atoms with E-state index in [4.69, 9.17) is 4.74 Å². The third-order valence-electron chi connectivity index (χ3n) is 3.04. The Morgan fingerprint density at radius 1 is 1.17 bits per heavy atom. The van der Waals surface area contributed by atoms with Crippen molar-refractivity contribution in [3.05, 3.63) is 58.1 Å². The fourth-order valence-corrected chi connectivity index (χ4v) is 1.97. The lowest BCUT2D eigenvalue weighted by atomic mass is 10.2. The zero-order chi connectivity index (χ0) is 16.2. The first-order valence-electron chi connectivity index (χ1n) is 6.52. The second kappa shape index (κ2) is 6.10. The van der Waals surface area contributed by atoms with Crippen molar-refractivity contribution in [2.45, 2.75) is 6.61 Å². The molecule has 0 spiro atoms. The van der Waals surface area contributed by atoms with Crippen LogP contribution in [-0.2, 0) is 11.3 Å². The number of ether oxygens (including phenoxy) is 1. The van der Waals surface area contributed by atoms with Crippen molar-refractivity contribution in [1.82, 2.24) is 10.3 Å². The van der Waals surface area contributed by atoms with Crippen LogP contribution in [0.1, 0.15) is 5.56 Å². The molecule has 1 aromatic heterocycles. The van der Waals surface area contributed by atoms with E-state index in [2.05, 4.69) is 20.3 Å². The topological polar surface area (TPSA) is 120 Å². The Labute approximate surface area is 129 Å². The maximum atomic E-state index is 11.8. The van der Waals surface area contributed by atoms with Gasteiger partial charge in [0.05, 0.1) is 10.6 Å². The van der Waals surface area contributed by atoms with Crippen molar-refractivity contribution in [3.8, 4) is 0 Å². The van der Waals surface area contributed by atoms with E-state index in [0.29, 0.717) is 0 Å². The zero-order valence-electron chi connectivity index (χ0n) is 11.6. The summed E-state index contributed by atoms with van der Waals surface area (Å²) in [6, 6.07) is 11.7. The Hall–Kier alpha value is -3.49. The van der Waals surface area contributed by atoms with Crippen LogP contribution in [0.5, 0.6) is 0 Å². The molecule has 9 heteroatoms. The largest absolute Gasteiger partial charge is 0.444 e.